The number of hydrogen-bond acceptors (Lipinski definition) is 5. The van der Waals surface area contributed by atoms with Crippen LogP contribution in [-0.4, -0.2) is 31.2 Å². The quantitative estimate of drug-likeness (QED) is 0.563. The molecule has 0 bridgehead atoms. The maximum atomic E-state index is 12.8. The lowest BCUT2D eigenvalue weighted by atomic mass is 10.2. The van der Waals surface area contributed by atoms with Gasteiger partial charge in [0.15, 0.2) is 5.16 Å². The Morgan fingerprint density at radius 1 is 1.31 bits per heavy atom. The van der Waals surface area contributed by atoms with Crippen molar-refractivity contribution in [3.05, 3.63) is 50.9 Å². The first-order chi connectivity index (χ1) is 13.7. The van der Waals surface area contributed by atoms with Crippen LogP contribution in [0.15, 0.2) is 34.2 Å². The number of alkyl halides is 3. The summed E-state index contributed by atoms with van der Waals surface area (Å²) in [6.45, 7) is 1.95. The van der Waals surface area contributed by atoms with Gasteiger partial charge in [-0.15, -0.1) is 10.2 Å². The molecular formula is C17H15ClF3N5O2S. The first-order valence-electron chi connectivity index (χ1n) is 8.45. The fourth-order valence-corrected chi connectivity index (χ4v) is 3.55. The standard InChI is InChI=1S/C17H15ClF3N5O2S/c1-2-3-10-7-13(27)23-15-24-25-16(26(10)15)29-8-14(28)22-12-6-9(17(19,20)21)4-5-11(12)18/h4-7H,2-3,8H2,1H3,(H,22,28)(H,23,24,27). The molecule has 0 aliphatic rings. The van der Waals surface area contributed by atoms with Gasteiger partial charge in [0.1, 0.15) is 0 Å². The zero-order chi connectivity index (χ0) is 21.2. The Morgan fingerprint density at radius 3 is 2.76 bits per heavy atom. The van der Waals surface area contributed by atoms with Crippen LogP contribution in [0.25, 0.3) is 5.78 Å². The third-order valence-electron chi connectivity index (χ3n) is 3.86. The number of H-pyrrole nitrogens is 1. The molecule has 0 saturated heterocycles. The van der Waals surface area contributed by atoms with Crippen molar-refractivity contribution >= 4 is 40.7 Å². The second-order valence-electron chi connectivity index (χ2n) is 6.05. The number of halogens is 4. The number of benzene rings is 1. The third-order valence-corrected chi connectivity index (χ3v) is 5.12. The highest BCUT2D eigenvalue weighted by Crippen LogP contribution is 2.34. The Bertz CT molecular complexity index is 1110. The second kappa shape index (κ2) is 8.46. The molecule has 0 unspecified atom stereocenters. The van der Waals surface area contributed by atoms with Crippen molar-refractivity contribution in [1.29, 1.82) is 0 Å². The van der Waals surface area contributed by atoms with E-state index in [4.69, 9.17) is 11.6 Å². The number of aromatic nitrogens is 4. The summed E-state index contributed by atoms with van der Waals surface area (Å²) in [6.07, 6.45) is -3.15. The first kappa shape index (κ1) is 21.2. The molecule has 29 heavy (non-hydrogen) atoms. The van der Waals surface area contributed by atoms with Gasteiger partial charge in [-0.25, -0.2) is 0 Å². The highest BCUT2D eigenvalue weighted by atomic mass is 35.5. The Hall–Kier alpha value is -2.53. The molecular weight excluding hydrogens is 431 g/mol. The second-order valence-corrected chi connectivity index (χ2v) is 7.40. The molecule has 2 aromatic heterocycles. The number of fused-ring (bicyclic) bond motifs is 1. The molecule has 0 radical (unpaired) electrons. The van der Waals surface area contributed by atoms with Gasteiger partial charge in [-0.2, -0.15) is 13.2 Å². The molecule has 0 aliphatic heterocycles. The van der Waals surface area contributed by atoms with E-state index in [0.717, 1.165) is 36.4 Å². The van der Waals surface area contributed by atoms with E-state index in [1.807, 2.05) is 6.92 Å². The van der Waals surface area contributed by atoms with Gasteiger partial charge in [-0.3, -0.25) is 19.0 Å². The van der Waals surface area contributed by atoms with Crippen molar-refractivity contribution < 1.29 is 18.0 Å². The summed E-state index contributed by atoms with van der Waals surface area (Å²) in [5, 5.41) is 10.6. The maximum Gasteiger partial charge on any atom is 0.416 e. The molecule has 0 spiro atoms. The first-order valence-corrected chi connectivity index (χ1v) is 9.82. The van der Waals surface area contributed by atoms with Crippen LogP contribution in [0.4, 0.5) is 18.9 Å². The van der Waals surface area contributed by atoms with Crippen LogP contribution < -0.4 is 10.9 Å². The van der Waals surface area contributed by atoms with Crippen LogP contribution in [0.1, 0.15) is 24.6 Å². The lowest BCUT2D eigenvalue weighted by molar-refractivity contribution is -0.137. The third kappa shape index (κ3) is 4.91. The molecule has 12 heteroatoms. The van der Waals surface area contributed by atoms with Crippen LogP contribution in [0.3, 0.4) is 0 Å². The summed E-state index contributed by atoms with van der Waals surface area (Å²) in [6, 6.07) is 4.13. The van der Waals surface area contributed by atoms with E-state index in [1.54, 1.807) is 4.40 Å². The molecule has 2 heterocycles. The molecule has 154 valence electrons. The minimum absolute atomic E-state index is 0.00733. The minimum atomic E-state index is -4.55. The predicted octanol–water partition coefficient (Wildman–Crippen LogP) is 3.77. The number of nitrogens with one attached hydrogen (secondary N) is 2. The van der Waals surface area contributed by atoms with Gasteiger partial charge < -0.3 is 5.32 Å². The summed E-state index contributed by atoms with van der Waals surface area (Å²) in [5.74, 6) is -0.447. The molecule has 0 aliphatic carbocycles. The molecule has 3 rings (SSSR count). The number of hydrogen-bond donors (Lipinski definition) is 2. The largest absolute Gasteiger partial charge is 0.416 e. The van der Waals surface area contributed by atoms with Crippen LogP contribution >= 0.6 is 23.4 Å². The average Bonchev–Trinajstić information content (AvgIpc) is 3.04. The Kier molecular flexibility index (Phi) is 6.18. The van der Waals surface area contributed by atoms with Gasteiger partial charge in [0.2, 0.25) is 11.7 Å². The van der Waals surface area contributed by atoms with Gasteiger partial charge >= 0.3 is 6.18 Å². The van der Waals surface area contributed by atoms with Crippen molar-refractivity contribution in [2.75, 3.05) is 11.1 Å². The number of aromatic amines is 1. The number of anilines is 1. The van der Waals surface area contributed by atoms with Gasteiger partial charge in [-0.05, 0) is 24.6 Å². The Morgan fingerprint density at radius 2 is 2.07 bits per heavy atom. The number of carbonyl (C=O) groups excluding carboxylic acids is 1. The Labute approximate surface area is 171 Å². The van der Waals surface area contributed by atoms with Crippen molar-refractivity contribution in [3.63, 3.8) is 0 Å². The summed E-state index contributed by atoms with van der Waals surface area (Å²) in [5.41, 5.74) is -0.655. The lowest BCUT2D eigenvalue weighted by Gasteiger charge is -2.11. The number of carbonyl (C=O) groups is 1. The topological polar surface area (TPSA) is 92.2 Å². The highest BCUT2D eigenvalue weighted by Gasteiger charge is 2.31. The zero-order valence-electron chi connectivity index (χ0n) is 15.0. The molecule has 3 aromatic rings. The lowest BCUT2D eigenvalue weighted by Crippen LogP contribution is -2.16. The number of amides is 1. The van der Waals surface area contributed by atoms with Crippen molar-refractivity contribution in [3.8, 4) is 0 Å². The van der Waals surface area contributed by atoms with Crippen molar-refractivity contribution in [2.24, 2.45) is 0 Å². The SMILES string of the molecule is CCCc1cc(=O)[nH]c2nnc(SCC(=O)Nc3cc(C(F)(F)F)ccc3Cl)n12. The Balaban J connectivity index is 1.76. The number of thioether (sulfide) groups is 1. The van der Waals surface area contributed by atoms with E-state index in [1.165, 1.54) is 6.07 Å². The summed E-state index contributed by atoms with van der Waals surface area (Å²) < 4.78 is 40.2. The molecule has 0 saturated carbocycles. The van der Waals surface area contributed by atoms with Crippen LogP contribution in [0.2, 0.25) is 5.02 Å². The smallest absolute Gasteiger partial charge is 0.324 e. The molecule has 1 amide bonds. The minimum Gasteiger partial charge on any atom is -0.324 e. The zero-order valence-corrected chi connectivity index (χ0v) is 16.6. The molecule has 2 N–H and O–H groups in total. The van der Waals surface area contributed by atoms with Gasteiger partial charge in [0.05, 0.1) is 22.0 Å². The molecule has 0 fully saturated rings. The van der Waals surface area contributed by atoms with Crippen LogP contribution in [0.5, 0.6) is 0 Å². The summed E-state index contributed by atoms with van der Waals surface area (Å²) in [4.78, 5) is 26.5. The summed E-state index contributed by atoms with van der Waals surface area (Å²) in [7, 11) is 0. The van der Waals surface area contributed by atoms with E-state index in [0.29, 0.717) is 17.3 Å². The van der Waals surface area contributed by atoms with Crippen LogP contribution in [0, 0.1) is 0 Å². The fraction of sp³-hybridized carbons (Fsp3) is 0.294. The predicted molar refractivity (Wildman–Crippen MR) is 103 cm³/mol. The van der Waals surface area contributed by atoms with Gasteiger partial charge in [0.25, 0.3) is 5.56 Å². The van der Waals surface area contributed by atoms with E-state index in [-0.39, 0.29) is 27.8 Å². The maximum absolute atomic E-state index is 12.8. The van der Waals surface area contributed by atoms with Gasteiger partial charge in [0, 0.05) is 11.8 Å². The normalized spacial score (nSPS) is 11.8. The van der Waals surface area contributed by atoms with Crippen molar-refractivity contribution in [1.82, 2.24) is 19.6 Å². The highest BCUT2D eigenvalue weighted by molar-refractivity contribution is 7.99. The molecule has 1 aromatic carbocycles. The van der Waals surface area contributed by atoms with E-state index >= 15 is 0 Å². The van der Waals surface area contributed by atoms with E-state index in [9.17, 15) is 22.8 Å². The van der Waals surface area contributed by atoms with E-state index in [2.05, 4.69) is 20.5 Å². The number of nitrogens with zero attached hydrogens (tertiary/aromatic N) is 3. The molecule has 0 atom stereocenters. The van der Waals surface area contributed by atoms with Crippen LogP contribution in [-0.2, 0) is 17.4 Å². The van der Waals surface area contributed by atoms with Crippen molar-refractivity contribution in [2.45, 2.75) is 31.1 Å². The van der Waals surface area contributed by atoms with E-state index < -0.39 is 17.6 Å². The average molecular weight is 446 g/mol. The number of rotatable bonds is 6. The summed E-state index contributed by atoms with van der Waals surface area (Å²) >= 11 is 6.92. The monoisotopic (exact) mass is 445 g/mol. The fourth-order valence-electron chi connectivity index (χ4n) is 2.62. The number of aryl methyl sites for hydroxylation is 1. The molecule has 7 nitrogen and oxygen atoms in total. The van der Waals surface area contributed by atoms with Gasteiger partial charge in [-0.1, -0.05) is 36.7 Å².